The highest BCUT2D eigenvalue weighted by molar-refractivity contribution is 5.99. The number of hydrogen-bond donors (Lipinski definition) is 1. The van der Waals surface area contributed by atoms with Gasteiger partial charge in [-0.05, 0) is 25.0 Å². The number of aryl methyl sites for hydroxylation is 1. The molecule has 0 saturated carbocycles. The summed E-state index contributed by atoms with van der Waals surface area (Å²) in [7, 11) is 0. The highest BCUT2D eigenvalue weighted by Gasteiger charge is 2.43. The molecule has 23 heavy (non-hydrogen) atoms. The fourth-order valence-corrected chi connectivity index (χ4v) is 3.09. The largest absolute Gasteiger partial charge is 0.491 e. The van der Waals surface area contributed by atoms with Gasteiger partial charge in [0.1, 0.15) is 5.75 Å². The summed E-state index contributed by atoms with van der Waals surface area (Å²) in [4.78, 5) is 25.5. The van der Waals surface area contributed by atoms with E-state index in [0.29, 0.717) is 42.7 Å². The van der Waals surface area contributed by atoms with Gasteiger partial charge in [0.2, 0.25) is 0 Å². The topological polar surface area (TPSA) is 58.6 Å². The summed E-state index contributed by atoms with van der Waals surface area (Å²) in [5.74, 6) is -2.69. The van der Waals surface area contributed by atoms with Crippen LogP contribution in [0.1, 0.15) is 21.5 Å². The van der Waals surface area contributed by atoms with E-state index in [0.717, 1.165) is 0 Å². The van der Waals surface area contributed by atoms with E-state index in [-0.39, 0.29) is 17.7 Å². The van der Waals surface area contributed by atoms with Gasteiger partial charge in [-0.2, -0.15) is 13.2 Å². The Kier molecular flexibility index (Phi) is 3.79. The van der Waals surface area contributed by atoms with Gasteiger partial charge in [0, 0.05) is 36.8 Å². The summed E-state index contributed by atoms with van der Waals surface area (Å²) >= 11 is 0. The zero-order valence-corrected chi connectivity index (χ0v) is 12.4. The van der Waals surface area contributed by atoms with Crippen molar-refractivity contribution in [3.8, 4) is 5.75 Å². The molecule has 0 unspecified atom stereocenters. The van der Waals surface area contributed by atoms with Gasteiger partial charge in [-0.1, -0.05) is 6.07 Å². The number of carbonyl (C=O) groups is 2. The minimum atomic E-state index is -5.07. The monoisotopic (exact) mass is 328 g/mol. The lowest BCUT2D eigenvalue weighted by Crippen LogP contribution is -2.57. The van der Waals surface area contributed by atoms with E-state index in [2.05, 4.69) is 10.1 Å². The Morgan fingerprint density at radius 2 is 2.13 bits per heavy atom. The molecular formula is C15H15F3N2O3. The van der Waals surface area contributed by atoms with Gasteiger partial charge in [-0.15, -0.1) is 0 Å². The second-order valence-corrected chi connectivity index (χ2v) is 5.68. The molecule has 1 aromatic carbocycles. The SMILES string of the molecule is Cc1ccc(OC(=O)C(F)(F)F)c2c1C(=O)N1CCNC[C@H]1C2. The zero-order valence-electron chi connectivity index (χ0n) is 12.4. The van der Waals surface area contributed by atoms with Gasteiger partial charge in [-0.3, -0.25) is 4.79 Å². The molecule has 0 aromatic heterocycles. The number of carbonyl (C=O) groups excluding carboxylic acids is 2. The Morgan fingerprint density at radius 1 is 1.39 bits per heavy atom. The van der Waals surface area contributed by atoms with Crippen LogP contribution in [-0.2, 0) is 11.2 Å². The molecule has 1 fully saturated rings. The second kappa shape index (κ2) is 5.52. The molecular weight excluding hydrogens is 313 g/mol. The maximum Gasteiger partial charge on any atom is 0.491 e. The number of rotatable bonds is 1. The van der Waals surface area contributed by atoms with Crippen LogP contribution in [0.2, 0.25) is 0 Å². The number of nitrogens with zero attached hydrogens (tertiary/aromatic N) is 1. The van der Waals surface area contributed by atoms with Crippen molar-refractivity contribution in [3.63, 3.8) is 0 Å². The average Bonchev–Trinajstić information content (AvgIpc) is 2.49. The molecule has 0 spiro atoms. The summed E-state index contributed by atoms with van der Waals surface area (Å²) in [6.07, 6.45) is -4.72. The minimum absolute atomic E-state index is 0.145. The third-order valence-corrected chi connectivity index (χ3v) is 4.18. The molecule has 0 aliphatic carbocycles. The first-order chi connectivity index (χ1) is 10.8. The number of fused-ring (bicyclic) bond motifs is 2. The molecule has 2 aliphatic rings. The van der Waals surface area contributed by atoms with Gasteiger partial charge < -0.3 is 15.0 Å². The van der Waals surface area contributed by atoms with Crippen LogP contribution < -0.4 is 10.1 Å². The van der Waals surface area contributed by atoms with Crippen LogP contribution in [0, 0.1) is 6.92 Å². The number of ether oxygens (including phenoxy) is 1. The molecule has 8 heteroatoms. The predicted octanol–water partition coefficient (Wildman–Crippen LogP) is 1.43. The first-order valence-corrected chi connectivity index (χ1v) is 7.22. The number of halogens is 3. The molecule has 0 bridgehead atoms. The quantitative estimate of drug-likeness (QED) is 0.626. The Morgan fingerprint density at radius 3 is 2.83 bits per heavy atom. The number of hydrogen-bond acceptors (Lipinski definition) is 4. The summed E-state index contributed by atoms with van der Waals surface area (Å²) in [6, 6.07) is 2.67. The van der Waals surface area contributed by atoms with E-state index in [1.165, 1.54) is 12.1 Å². The molecule has 2 aliphatic heterocycles. The Hall–Kier alpha value is -2.09. The zero-order chi connectivity index (χ0) is 16.8. The molecule has 1 saturated heterocycles. The average molecular weight is 328 g/mol. The third-order valence-electron chi connectivity index (χ3n) is 4.18. The fourth-order valence-electron chi connectivity index (χ4n) is 3.09. The van der Waals surface area contributed by atoms with E-state index in [1.807, 2.05) is 0 Å². The number of esters is 1. The van der Waals surface area contributed by atoms with Crippen LogP contribution in [0.3, 0.4) is 0 Å². The number of alkyl halides is 3. The highest BCUT2D eigenvalue weighted by atomic mass is 19.4. The number of nitrogens with one attached hydrogen (secondary N) is 1. The van der Waals surface area contributed by atoms with E-state index >= 15 is 0 Å². The molecule has 3 rings (SSSR count). The molecule has 1 N–H and O–H groups in total. The standard InChI is InChI=1S/C15H15F3N2O3/c1-8-2-3-11(23-14(22)15(16,17)18)10-6-9-7-19-4-5-20(9)13(21)12(8)10/h2-3,9,19H,4-7H2,1H3/t9-/m1/s1. The van der Waals surface area contributed by atoms with E-state index in [1.54, 1.807) is 11.8 Å². The smallest absolute Gasteiger partial charge is 0.420 e. The van der Waals surface area contributed by atoms with Crippen LogP contribution in [0.25, 0.3) is 0 Å². The van der Waals surface area contributed by atoms with Crippen LogP contribution in [0.4, 0.5) is 13.2 Å². The van der Waals surface area contributed by atoms with Gasteiger partial charge in [0.25, 0.3) is 5.91 Å². The van der Waals surface area contributed by atoms with Crippen LogP contribution in [0.15, 0.2) is 12.1 Å². The minimum Gasteiger partial charge on any atom is -0.420 e. The van der Waals surface area contributed by atoms with Crippen molar-refractivity contribution in [2.75, 3.05) is 19.6 Å². The lowest BCUT2D eigenvalue weighted by Gasteiger charge is -2.41. The lowest BCUT2D eigenvalue weighted by atomic mass is 9.88. The summed E-state index contributed by atoms with van der Waals surface area (Å²) < 4.78 is 41.8. The lowest BCUT2D eigenvalue weighted by molar-refractivity contribution is -0.189. The van der Waals surface area contributed by atoms with Crippen molar-refractivity contribution in [1.29, 1.82) is 0 Å². The Bertz CT molecular complexity index is 673. The number of benzene rings is 1. The van der Waals surface area contributed by atoms with Crippen molar-refractivity contribution in [1.82, 2.24) is 10.2 Å². The maximum atomic E-state index is 12.6. The molecule has 124 valence electrons. The van der Waals surface area contributed by atoms with Crippen molar-refractivity contribution < 1.29 is 27.5 Å². The molecule has 2 heterocycles. The second-order valence-electron chi connectivity index (χ2n) is 5.68. The number of piperazine rings is 1. The van der Waals surface area contributed by atoms with E-state index < -0.39 is 12.1 Å². The van der Waals surface area contributed by atoms with Gasteiger partial charge in [0.15, 0.2) is 0 Å². The van der Waals surface area contributed by atoms with Gasteiger partial charge in [0.05, 0.1) is 0 Å². The van der Waals surface area contributed by atoms with Crippen LogP contribution >= 0.6 is 0 Å². The van der Waals surface area contributed by atoms with Gasteiger partial charge >= 0.3 is 12.1 Å². The van der Waals surface area contributed by atoms with E-state index in [9.17, 15) is 22.8 Å². The summed E-state index contributed by atoms with van der Waals surface area (Å²) in [5, 5.41) is 3.15. The summed E-state index contributed by atoms with van der Waals surface area (Å²) in [6.45, 7) is 3.51. The molecule has 5 nitrogen and oxygen atoms in total. The molecule has 1 amide bonds. The molecule has 1 aromatic rings. The fraction of sp³-hybridized carbons (Fsp3) is 0.467. The van der Waals surface area contributed by atoms with Crippen molar-refractivity contribution >= 4 is 11.9 Å². The first-order valence-electron chi connectivity index (χ1n) is 7.22. The van der Waals surface area contributed by atoms with Crippen LogP contribution in [0.5, 0.6) is 5.75 Å². The normalized spacial score (nSPS) is 20.8. The maximum absolute atomic E-state index is 12.6. The van der Waals surface area contributed by atoms with E-state index in [4.69, 9.17) is 0 Å². The molecule has 0 radical (unpaired) electrons. The predicted molar refractivity (Wildman–Crippen MR) is 74.3 cm³/mol. The molecule has 1 atom stereocenters. The summed E-state index contributed by atoms with van der Waals surface area (Å²) in [5.41, 5.74) is 1.38. The first kappa shape index (κ1) is 15.8. The highest BCUT2D eigenvalue weighted by Crippen LogP contribution is 2.34. The van der Waals surface area contributed by atoms with Crippen molar-refractivity contribution in [3.05, 3.63) is 28.8 Å². The van der Waals surface area contributed by atoms with Crippen molar-refractivity contribution in [2.24, 2.45) is 0 Å². The Labute approximate surface area is 130 Å². The number of amides is 1. The van der Waals surface area contributed by atoms with Gasteiger partial charge in [-0.25, -0.2) is 4.79 Å². The Balaban J connectivity index is 2.01. The van der Waals surface area contributed by atoms with Crippen LogP contribution in [-0.4, -0.2) is 48.6 Å². The van der Waals surface area contributed by atoms with Crippen molar-refractivity contribution in [2.45, 2.75) is 25.6 Å². The third kappa shape index (κ3) is 2.78.